The zero-order valence-electron chi connectivity index (χ0n) is 11.0. The van der Waals surface area contributed by atoms with E-state index in [2.05, 4.69) is 0 Å². The summed E-state index contributed by atoms with van der Waals surface area (Å²) in [5.74, 6) is 0.0113. The number of rotatable bonds is 4. The largest absolute Gasteiger partial charge is 0.396 e. The third-order valence-corrected chi connectivity index (χ3v) is 4.36. The van der Waals surface area contributed by atoms with Crippen LogP contribution in [0, 0.1) is 5.41 Å². The molecule has 0 aromatic carbocycles. The summed E-state index contributed by atoms with van der Waals surface area (Å²) in [6.45, 7) is 0.606. The van der Waals surface area contributed by atoms with Crippen LogP contribution in [0.2, 0.25) is 0 Å². The first-order valence-electron chi connectivity index (χ1n) is 7.11. The molecular formula is C14H23NO3. The van der Waals surface area contributed by atoms with Crippen LogP contribution in [0.1, 0.15) is 57.8 Å². The van der Waals surface area contributed by atoms with Gasteiger partial charge in [0.15, 0.2) is 0 Å². The summed E-state index contributed by atoms with van der Waals surface area (Å²) < 4.78 is 0. The average Bonchev–Trinajstić information content (AvgIpc) is 2.34. The van der Waals surface area contributed by atoms with E-state index >= 15 is 0 Å². The van der Waals surface area contributed by atoms with Crippen LogP contribution in [-0.2, 0) is 9.59 Å². The van der Waals surface area contributed by atoms with Crippen molar-refractivity contribution in [3.05, 3.63) is 0 Å². The number of likely N-dealkylation sites (tertiary alicyclic amines) is 1. The molecule has 0 aromatic heterocycles. The lowest BCUT2D eigenvalue weighted by atomic mass is 9.67. The molecule has 4 heteroatoms. The predicted octanol–water partition coefficient (Wildman–Crippen LogP) is 1.86. The van der Waals surface area contributed by atoms with Crippen molar-refractivity contribution in [3.63, 3.8) is 0 Å². The fourth-order valence-electron chi connectivity index (χ4n) is 3.32. The van der Waals surface area contributed by atoms with Crippen LogP contribution in [0.4, 0.5) is 0 Å². The average molecular weight is 253 g/mol. The van der Waals surface area contributed by atoms with Crippen LogP contribution in [0.5, 0.6) is 0 Å². The number of unbranched alkanes of at least 4 members (excludes halogenated alkanes) is 1. The van der Waals surface area contributed by atoms with Gasteiger partial charge in [-0.1, -0.05) is 19.3 Å². The summed E-state index contributed by atoms with van der Waals surface area (Å²) in [7, 11) is 0. The van der Waals surface area contributed by atoms with Crippen LogP contribution in [0.15, 0.2) is 0 Å². The molecule has 1 aliphatic carbocycles. The van der Waals surface area contributed by atoms with E-state index in [-0.39, 0.29) is 23.8 Å². The molecule has 2 amide bonds. The second-order valence-electron chi connectivity index (χ2n) is 5.78. The number of nitrogens with zero attached hydrogens (tertiary/aromatic N) is 1. The van der Waals surface area contributed by atoms with E-state index in [9.17, 15) is 9.59 Å². The van der Waals surface area contributed by atoms with Crippen molar-refractivity contribution >= 4 is 11.8 Å². The highest BCUT2D eigenvalue weighted by Gasteiger charge is 2.43. The van der Waals surface area contributed by atoms with Crippen LogP contribution >= 0.6 is 0 Å². The number of carbonyl (C=O) groups excluding carboxylic acids is 2. The molecule has 0 atom stereocenters. The zero-order chi connectivity index (χ0) is 13.0. The molecule has 18 heavy (non-hydrogen) atoms. The quantitative estimate of drug-likeness (QED) is 0.614. The molecule has 0 unspecified atom stereocenters. The minimum absolute atomic E-state index is 0.00564. The molecule has 2 aliphatic rings. The van der Waals surface area contributed by atoms with Gasteiger partial charge in [-0.05, 0) is 31.1 Å². The zero-order valence-corrected chi connectivity index (χ0v) is 11.0. The van der Waals surface area contributed by atoms with Crippen LogP contribution in [0.25, 0.3) is 0 Å². The maximum Gasteiger partial charge on any atom is 0.229 e. The number of carbonyl (C=O) groups is 2. The van der Waals surface area contributed by atoms with Crippen molar-refractivity contribution in [1.29, 1.82) is 0 Å². The highest BCUT2D eigenvalue weighted by atomic mass is 16.3. The third-order valence-electron chi connectivity index (χ3n) is 4.36. The molecule has 102 valence electrons. The molecule has 0 aromatic rings. The first kappa shape index (κ1) is 13.5. The molecule has 2 rings (SSSR count). The van der Waals surface area contributed by atoms with Crippen molar-refractivity contribution < 1.29 is 14.7 Å². The Labute approximate surface area is 108 Å². The first-order chi connectivity index (χ1) is 8.67. The first-order valence-corrected chi connectivity index (χ1v) is 7.11. The number of aliphatic hydroxyl groups excluding tert-OH is 1. The van der Waals surface area contributed by atoms with E-state index < -0.39 is 0 Å². The molecule has 1 N–H and O–H groups in total. The molecule has 0 bridgehead atoms. The summed E-state index contributed by atoms with van der Waals surface area (Å²) in [5.41, 5.74) is -0.0140. The highest BCUT2D eigenvalue weighted by Crippen LogP contribution is 2.45. The van der Waals surface area contributed by atoms with Gasteiger partial charge in [-0.25, -0.2) is 0 Å². The maximum atomic E-state index is 12.1. The second kappa shape index (κ2) is 5.83. The Morgan fingerprint density at radius 3 is 2.17 bits per heavy atom. The molecule has 1 saturated carbocycles. The molecule has 1 heterocycles. The van der Waals surface area contributed by atoms with Gasteiger partial charge in [-0.2, -0.15) is 0 Å². The Bertz CT molecular complexity index is 301. The summed E-state index contributed by atoms with van der Waals surface area (Å²) in [4.78, 5) is 25.6. The Morgan fingerprint density at radius 2 is 1.61 bits per heavy atom. The smallest absolute Gasteiger partial charge is 0.229 e. The minimum atomic E-state index is -0.0140. The van der Waals surface area contributed by atoms with Gasteiger partial charge >= 0.3 is 0 Å². The Morgan fingerprint density at radius 1 is 1.00 bits per heavy atom. The molecule has 0 radical (unpaired) electrons. The van der Waals surface area contributed by atoms with Gasteiger partial charge in [0, 0.05) is 26.0 Å². The number of amides is 2. The van der Waals surface area contributed by atoms with E-state index in [1.165, 1.54) is 11.3 Å². The SMILES string of the molecule is O=C1CC2(CCCCC2)CC(=O)N1CCCCO. The van der Waals surface area contributed by atoms with Crippen molar-refractivity contribution in [2.45, 2.75) is 57.8 Å². The van der Waals surface area contributed by atoms with Gasteiger partial charge < -0.3 is 5.11 Å². The van der Waals surface area contributed by atoms with Crippen molar-refractivity contribution in [2.24, 2.45) is 5.41 Å². The van der Waals surface area contributed by atoms with Gasteiger partial charge in [0.25, 0.3) is 0 Å². The molecule has 1 saturated heterocycles. The van der Waals surface area contributed by atoms with Crippen molar-refractivity contribution in [1.82, 2.24) is 4.90 Å². The predicted molar refractivity (Wildman–Crippen MR) is 67.8 cm³/mol. The van der Waals surface area contributed by atoms with Gasteiger partial charge in [0.2, 0.25) is 11.8 Å². The molecule has 2 fully saturated rings. The fraction of sp³-hybridized carbons (Fsp3) is 0.857. The maximum absolute atomic E-state index is 12.1. The van der Waals surface area contributed by atoms with E-state index in [0.29, 0.717) is 32.2 Å². The monoisotopic (exact) mass is 253 g/mol. The summed E-state index contributed by atoms with van der Waals surface area (Å²) in [6, 6.07) is 0. The third kappa shape index (κ3) is 2.91. The number of imide groups is 1. The van der Waals surface area contributed by atoms with E-state index in [4.69, 9.17) is 5.11 Å². The lowest BCUT2D eigenvalue weighted by Crippen LogP contribution is -2.48. The molecule has 1 aliphatic heterocycles. The van der Waals surface area contributed by atoms with Gasteiger partial charge in [-0.3, -0.25) is 14.5 Å². The summed E-state index contributed by atoms with van der Waals surface area (Å²) >= 11 is 0. The Kier molecular flexibility index (Phi) is 4.38. The standard InChI is InChI=1S/C14H23NO3/c16-9-5-4-8-15-12(17)10-14(11-13(15)18)6-2-1-3-7-14/h16H,1-11H2. The van der Waals surface area contributed by atoms with Crippen molar-refractivity contribution in [3.8, 4) is 0 Å². The van der Waals surface area contributed by atoms with Crippen LogP contribution in [-0.4, -0.2) is 35.0 Å². The lowest BCUT2D eigenvalue weighted by Gasteiger charge is -2.42. The molecule has 4 nitrogen and oxygen atoms in total. The number of hydrogen-bond donors (Lipinski definition) is 1. The highest BCUT2D eigenvalue weighted by molar-refractivity contribution is 5.98. The number of hydrogen-bond acceptors (Lipinski definition) is 3. The van der Waals surface area contributed by atoms with E-state index in [1.807, 2.05) is 0 Å². The van der Waals surface area contributed by atoms with Gasteiger partial charge in [0.1, 0.15) is 0 Å². The van der Waals surface area contributed by atoms with Crippen LogP contribution < -0.4 is 0 Å². The second-order valence-corrected chi connectivity index (χ2v) is 5.78. The van der Waals surface area contributed by atoms with Gasteiger partial charge in [-0.15, -0.1) is 0 Å². The van der Waals surface area contributed by atoms with E-state index in [0.717, 1.165) is 25.7 Å². The number of aliphatic hydroxyl groups is 1. The normalized spacial score (nSPS) is 23.7. The summed E-state index contributed by atoms with van der Waals surface area (Å²) in [5, 5.41) is 8.74. The van der Waals surface area contributed by atoms with Gasteiger partial charge in [0.05, 0.1) is 0 Å². The summed E-state index contributed by atoms with van der Waals surface area (Å²) in [6.07, 6.45) is 8.10. The number of piperidine rings is 1. The Balaban J connectivity index is 1.94. The fourth-order valence-corrected chi connectivity index (χ4v) is 3.32. The minimum Gasteiger partial charge on any atom is -0.396 e. The topological polar surface area (TPSA) is 57.6 Å². The van der Waals surface area contributed by atoms with Crippen molar-refractivity contribution in [2.75, 3.05) is 13.2 Å². The lowest BCUT2D eigenvalue weighted by molar-refractivity contribution is -0.154. The molecular weight excluding hydrogens is 230 g/mol. The van der Waals surface area contributed by atoms with Crippen LogP contribution in [0.3, 0.4) is 0 Å². The van der Waals surface area contributed by atoms with E-state index in [1.54, 1.807) is 0 Å². The molecule has 1 spiro atoms. The Hall–Kier alpha value is -0.900.